The number of aliphatic hydroxyl groups is 1. The molecular formula is C14H19FO. The van der Waals surface area contributed by atoms with Crippen molar-refractivity contribution in [3.63, 3.8) is 0 Å². The third-order valence-corrected chi connectivity index (χ3v) is 3.75. The van der Waals surface area contributed by atoms with Crippen LogP contribution < -0.4 is 0 Å². The molecule has 0 saturated heterocycles. The molecular weight excluding hydrogens is 203 g/mol. The van der Waals surface area contributed by atoms with Gasteiger partial charge in [0.25, 0.3) is 0 Å². The van der Waals surface area contributed by atoms with Crippen LogP contribution >= 0.6 is 0 Å². The average molecular weight is 222 g/mol. The summed E-state index contributed by atoms with van der Waals surface area (Å²) in [7, 11) is 0. The van der Waals surface area contributed by atoms with E-state index in [0.717, 1.165) is 6.42 Å². The van der Waals surface area contributed by atoms with Crippen molar-refractivity contribution in [2.45, 2.75) is 39.2 Å². The van der Waals surface area contributed by atoms with Crippen molar-refractivity contribution in [1.82, 2.24) is 0 Å². The summed E-state index contributed by atoms with van der Waals surface area (Å²) in [6.45, 7) is 6.35. The fourth-order valence-corrected chi connectivity index (χ4v) is 3.12. The van der Waals surface area contributed by atoms with Crippen LogP contribution in [0.1, 0.15) is 39.2 Å². The van der Waals surface area contributed by atoms with Crippen LogP contribution in [0.15, 0.2) is 24.3 Å². The van der Waals surface area contributed by atoms with Crippen LogP contribution in [0.5, 0.6) is 0 Å². The highest BCUT2D eigenvalue weighted by Gasteiger charge is 2.48. The summed E-state index contributed by atoms with van der Waals surface area (Å²) in [6.07, 6.45) is 1.67. The van der Waals surface area contributed by atoms with Crippen LogP contribution in [0, 0.1) is 17.2 Å². The molecule has 1 fully saturated rings. The van der Waals surface area contributed by atoms with Gasteiger partial charge in [0.2, 0.25) is 0 Å². The van der Waals surface area contributed by atoms with Gasteiger partial charge in [-0.2, -0.15) is 0 Å². The summed E-state index contributed by atoms with van der Waals surface area (Å²) in [5.74, 6) is -0.105. The predicted molar refractivity (Wildman–Crippen MR) is 62.5 cm³/mol. The van der Waals surface area contributed by atoms with Gasteiger partial charge in [-0.15, -0.1) is 0 Å². The SMILES string of the molecule is CC1CC(C)(C)CC1(O)c1cccc(F)c1. The number of benzene rings is 1. The lowest BCUT2D eigenvalue weighted by atomic mass is 9.84. The third-order valence-electron chi connectivity index (χ3n) is 3.75. The Hall–Kier alpha value is -0.890. The molecule has 2 atom stereocenters. The average Bonchev–Trinajstić information content (AvgIpc) is 2.36. The summed E-state index contributed by atoms with van der Waals surface area (Å²) in [5.41, 5.74) is -0.0305. The van der Waals surface area contributed by atoms with Crippen molar-refractivity contribution >= 4 is 0 Å². The fourth-order valence-electron chi connectivity index (χ4n) is 3.12. The van der Waals surface area contributed by atoms with Crippen LogP contribution in [-0.4, -0.2) is 5.11 Å². The van der Waals surface area contributed by atoms with Gasteiger partial charge >= 0.3 is 0 Å². The number of hydrogen-bond donors (Lipinski definition) is 1. The first kappa shape index (κ1) is 11.6. The molecule has 1 aliphatic carbocycles. The van der Waals surface area contributed by atoms with Gasteiger partial charge < -0.3 is 5.11 Å². The number of hydrogen-bond acceptors (Lipinski definition) is 1. The first-order valence-electron chi connectivity index (χ1n) is 5.82. The highest BCUT2D eigenvalue weighted by atomic mass is 19.1. The van der Waals surface area contributed by atoms with E-state index in [9.17, 15) is 9.50 Å². The molecule has 0 amide bonds. The maximum Gasteiger partial charge on any atom is 0.123 e. The third kappa shape index (κ3) is 1.86. The number of halogens is 1. The largest absolute Gasteiger partial charge is 0.385 e. The lowest BCUT2D eigenvalue weighted by Gasteiger charge is -2.29. The summed E-state index contributed by atoms with van der Waals surface area (Å²) in [6, 6.07) is 6.36. The Morgan fingerprint density at radius 3 is 2.56 bits per heavy atom. The van der Waals surface area contributed by atoms with E-state index < -0.39 is 5.60 Å². The van der Waals surface area contributed by atoms with Crippen molar-refractivity contribution in [3.05, 3.63) is 35.6 Å². The summed E-state index contributed by atoms with van der Waals surface area (Å²) in [5, 5.41) is 10.7. The molecule has 1 nitrogen and oxygen atoms in total. The zero-order valence-corrected chi connectivity index (χ0v) is 10.1. The molecule has 0 heterocycles. The topological polar surface area (TPSA) is 20.2 Å². The lowest BCUT2D eigenvalue weighted by molar-refractivity contribution is -0.00111. The summed E-state index contributed by atoms with van der Waals surface area (Å²) < 4.78 is 13.2. The normalized spacial score (nSPS) is 32.9. The Kier molecular flexibility index (Phi) is 2.58. The molecule has 1 saturated carbocycles. The molecule has 1 aromatic carbocycles. The van der Waals surface area contributed by atoms with E-state index in [-0.39, 0.29) is 17.2 Å². The predicted octanol–water partition coefficient (Wildman–Crippen LogP) is 3.47. The van der Waals surface area contributed by atoms with Crippen LogP contribution in [-0.2, 0) is 5.60 Å². The highest BCUT2D eigenvalue weighted by molar-refractivity contribution is 5.26. The van der Waals surface area contributed by atoms with E-state index >= 15 is 0 Å². The second kappa shape index (κ2) is 3.56. The van der Waals surface area contributed by atoms with Crippen molar-refractivity contribution in [3.8, 4) is 0 Å². The summed E-state index contributed by atoms with van der Waals surface area (Å²) >= 11 is 0. The molecule has 0 aliphatic heterocycles. The molecule has 1 aliphatic rings. The molecule has 2 unspecified atom stereocenters. The molecule has 0 radical (unpaired) electrons. The standard InChI is InChI=1S/C14H19FO/c1-10-8-13(2,3)9-14(10,16)11-5-4-6-12(15)7-11/h4-7,10,16H,8-9H2,1-3H3. The Morgan fingerprint density at radius 2 is 2.06 bits per heavy atom. The van der Waals surface area contributed by atoms with E-state index in [1.54, 1.807) is 6.07 Å². The zero-order chi connectivity index (χ0) is 12.0. The van der Waals surface area contributed by atoms with Gasteiger partial charge in [-0.25, -0.2) is 4.39 Å². The first-order chi connectivity index (χ1) is 7.33. The molecule has 2 rings (SSSR count). The minimum absolute atomic E-state index is 0.125. The smallest absolute Gasteiger partial charge is 0.123 e. The van der Waals surface area contributed by atoms with Gasteiger partial charge in [-0.1, -0.05) is 32.9 Å². The van der Waals surface area contributed by atoms with Crippen molar-refractivity contribution < 1.29 is 9.50 Å². The minimum Gasteiger partial charge on any atom is -0.385 e. The van der Waals surface area contributed by atoms with Gasteiger partial charge in [0.15, 0.2) is 0 Å². The molecule has 0 bridgehead atoms. The molecule has 2 heteroatoms. The minimum atomic E-state index is -0.869. The van der Waals surface area contributed by atoms with Crippen molar-refractivity contribution in [1.29, 1.82) is 0 Å². The van der Waals surface area contributed by atoms with Crippen LogP contribution in [0.3, 0.4) is 0 Å². The zero-order valence-electron chi connectivity index (χ0n) is 10.1. The Labute approximate surface area is 96.3 Å². The Bertz CT molecular complexity index is 399. The molecule has 1 aromatic rings. The molecule has 0 spiro atoms. The molecule has 0 aromatic heterocycles. The van der Waals surface area contributed by atoms with Crippen molar-refractivity contribution in [2.24, 2.45) is 11.3 Å². The van der Waals surface area contributed by atoms with E-state index in [2.05, 4.69) is 13.8 Å². The second-order valence-electron chi connectivity index (χ2n) is 5.88. The van der Waals surface area contributed by atoms with Crippen LogP contribution in [0.25, 0.3) is 0 Å². The molecule has 1 N–H and O–H groups in total. The quantitative estimate of drug-likeness (QED) is 0.771. The molecule has 16 heavy (non-hydrogen) atoms. The van der Waals surface area contributed by atoms with Gasteiger partial charge in [0.1, 0.15) is 5.82 Å². The fraction of sp³-hybridized carbons (Fsp3) is 0.571. The lowest BCUT2D eigenvalue weighted by Crippen LogP contribution is -2.29. The maximum atomic E-state index is 13.2. The second-order valence-corrected chi connectivity index (χ2v) is 5.88. The summed E-state index contributed by atoms with van der Waals surface area (Å²) in [4.78, 5) is 0. The van der Waals surface area contributed by atoms with Gasteiger partial charge in [-0.05, 0) is 41.9 Å². The van der Waals surface area contributed by atoms with E-state index in [1.807, 2.05) is 13.0 Å². The van der Waals surface area contributed by atoms with Gasteiger partial charge in [-0.3, -0.25) is 0 Å². The highest BCUT2D eigenvalue weighted by Crippen LogP contribution is 2.52. The number of rotatable bonds is 1. The first-order valence-corrected chi connectivity index (χ1v) is 5.82. The van der Waals surface area contributed by atoms with Gasteiger partial charge in [0.05, 0.1) is 5.60 Å². The van der Waals surface area contributed by atoms with Crippen molar-refractivity contribution in [2.75, 3.05) is 0 Å². The van der Waals surface area contributed by atoms with Crippen LogP contribution in [0.4, 0.5) is 4.39 Å². The van der Waals surface area contributed by atoms with Crippen LogP contribution in [0.2, 0.25) is 0 Å². The van der Waals surface area contributed by atoms with E-state index in [1.165, 1.54) is 12.1 Å². The monoisotopic (exact) mass is 222 g/mol. The molecule has 88 valence electrons. The van der Waals surface area contributed by atoms with E-state index in [4.69, 9.17) is 0 Å². The Morgan fingerprint density at radius 1 is 1.38 bits per heavy atom. The Balaban J connectivity index is 2.40. The van der Waals surface area contributed by atoms with Gasteiger partial charge in [0, 0.05) is 0 Å². The maximum absolute atomic E-state index is 13.2. The van der Waals surface area contributed by atoms with E-state index in [0.29, 0.717) is 12.0 Å².